The van der Waals surface area contributed by atoms with Gasteiger partial charge in [-0.25, -0.2) is 0 Å². The smallest absolute Gasteiger partial charge is 0.0865 e. The molecular formula is C8H14O. The van der Waals surface area contributed by atoms with Crippen LogP contribution in [0.5, 0.6) is 0 Å². The number of epoxide rings is 1. The molecule has 0 unspecified atom stereocenters. The molecule has 1 aliphatic carbocycles. The summed E-state index contributed by atoms with van der Waals surface area (Å²) in [7, 11) is 0. The molecule has 0 aromatic rings. The third-order valence-corrected chi connectivity index (χ3v) is 3.07. The molecule has 1 atom stereocenters. The van der Waals surface area contributed by atoms with Gasteiger partial charge in [0.1, 0.15) is 0 Å². The summed E-state index contributed by atoms with van der Waals surface area (Å²) >= 11 is 0. The third-order valence-electron chi connectivity index (χ3n) is 3.07. The van der Waals surface area contributed by atoms with Crippen molar-refractivity contribution in [2.24, 2.45) is 5.41 Å². The van der Waals surface area contributed by atoms with Crippen LogP contribution in [0.15, 0.2) is 0 Å². The van der Waals surface area contributed by atoms with Crippen molar-refractivity contribution in [3.05, 3.63) is 0 Å². The van der Waals surface area contributed by atoms with E-state index in [0.717, 1.165) is 6.61 Å². The fourth-order valence-corrected chi connectivity index (χ4v) is 1.94. The van der Waals surface area contributed by atoms with Crippen LogP contribution in [0.3, 0.4) is 0 Å². The lowest BCUT2D eigenvalue weighted by atomic mass is 9.65. The summed E-state index contributed by atoms with van der Waals surface area (Å²) in [5.41, 5.74) is 0.653. The van der Waals surface area contributed by atoms with Crippen molar-refractivity contribution in [1.82, 2.24) is 0 Å². The molecule has 0 radical (unpaired) electrons. The first-order valence-corrected chi connectivity index (χ1v) is 3.99. The second kappa shape index (κ2) is 1.72. The highest BCUT2D eigenvalue weighted by Gasteiger charge is 2.49. The van der Waals surface area contributed by atoms with Gasteiger partial charge in [0, 0.05) is 0 Å². The van der Waals surface area contributed by atoms with Gasteiger partial charge in [0.15, 0.2) is 0 Å². The van der Waals surface area contributed by atoms with Gasteiger partial charge >= 0.3 is 0 Å². The van der Waals surface area contributed by atoms with Gasteiger partial charge in [0.25, 0.3) is 0 Å². The molecular weight excluding hydrogens is 112 g/mol. The van der Waals surface area contributed by atoms with Crippen LogP contribution >= 0.6 is 0 Å². The number of rotatable bonds is 2. The van der Waals surface area contributed by atoms with Crippen molar-refractivity contribution in [2.45, 2.75) is 38.7 Å². The van der Waals surface area contributed by atoms with E-state index < -0.39 is 0 Å². The largest absolute Gasteiger partial charge is 0.373 e. The molecule has 2 aliphatic rings. The monoisotopic (exact) mass is 126 g/mol. The van der Waals surface area contributed by atoms with E-state index in [1.807, 2.05) is 0 Å². The molecule has 52 valence electrons. The number of hydrogen-bond donors (Lipinski definition) is 0. The molecule has 0 bridgehead atoms. The average molecular weight is 126 g/mol. The fraction of sp³-hybridized carbons (Fsp3) is 1.00. The highest BCUT2D eigenvalue weighted by atomic mass is 16.6. The summed E-state index contributed by atoms with van der Waals surface area (Å²) in [4.78, 5) is 0. The summed E-state index contributed by atoms with van der Waals surface area (Å²) < 4.78 is 5.31. The lowest BCUT2D eigenvalue weighted by molar-refractivity contribution is 0.0812. The molecule has 0 spiro atoms. The Labute approximate surface area is 56.4 Å². The first-order valence-electron chi connectivity index (χ1n) is 3.99. The fourth-order valence-electron chi connectivity index (χ4n) is 1.94. The van der Waals surface area contributed by atoms with E-state index in [9.17, 15) is 0 Å². The van der Waals surface area contributed by atoms with Gasteiger partial charge in [-0.15, -0.1) is 0 Å². The molecule has 2 rings (SSSR count). The van der Waals surface area contributed by atoms with Gasteiger partial charge in [-0.1, -0.05) is 13.3 Å². The van der Waals surface area contributed by atoms with E-state index in [4.69, 9.17) is 4.74 Å². The predicted octanol–water partition coefficient (Wildman–Crippen LogP) is 1.97. The molecule has 1 saturated carbocycles. The lowest BCUT2D eigenvalue weighted by Gasteiger charge is -2.39. The Kier molecular flexibility index (Phi) is 1.10. The molecule has 1 aliphatic heterocycles. The van der Waals surface area contributed by atoms with Crippen molar-refractivity contribution in [1.29, 1.82) is 0 Å². The van der Waals surface area contributed by atoms with Gasteiger partial charge in [-0.2, -0.15) is 0 Å². The van der Waals surface area contributed by atoms with E-state index in [1.165, 1.54) is 25.7 Å². The molecule has 1 saturated heterocycles. The second-order valence-electron chi connectivity index (χ2n) is 3.39. The van der Waals surface area contributed by atoms with Gasteiger partial charge in [0.05, 0.1) is 12.7 Å². The van der Waals surface area contributed by atoms with Crippen LogP contribution < -0.4 is 0 Å². The zero-order chi connectivity index (χ0) is 6.32. The summed E-state index contributed by atoms with van der Waals surface area (Å²) in [6.07, 6.45) is 6.28. The van der Waals surface area contributed by atoms with E-state index in [1.54, 1.807) is 0 Å². The van der Waals surface area contributed by atoms with E-state index in [2.05, 4.69) is 6.92 Å². The molecule has 1 heteroatoms. The SMILES string of the molecule is CCC1([C@H]2CO2)CCC1. The second-order valence-corrected chi connectivity index (χ2v) is 3.39. The van der Waals surface area contributed by atoms with Crippen molar-refractivity contribution >= 4 is 0 Å². The van der Waals surface area contributed by atoms with E-state index >= 15 is 0 Å². The highest BCUT2D eigenvalue weighted by molar-refractivity contribution is 4.98. The average Bonchev–Trinajstić information content (AvgIpc) is 2.47. The predicted molar refractivity (Wildman–Crippen MR) is 36.3 cm³/mol. The Hall–Kier alpha value is -0.0400. The summed E-state index contributed by atoms with van der Waals surface area (Å²) in [5, 5.41) is 0. The zero-order valence-corrected chi connectivity index (χ0v) is 6.02. The third kappa shape index (κ3) is 0.710. The minimum absolute atomic E-state index is 0.653. The van der Waals surface area contributed by atoms with Crippen molar-refractivity contribution < 1.29 is 4.74 Å². The number of ether oxygens (including phenoxy) is 1. The van der Waals surface area contributed by atoms with Gasteiger partial charge < -0.3 is 4.74 Å². The van der Waals surface area contributed by atoms with Crippen LogP contribution in [0.2, 0.25) is 0 Å². The van der Waals surface area contributed by atoms with Crippen molar-refractivity contribution in [3.63, 3.8) is 0 Å². The highest BCUT2D eigenvalue weighted by Crippen LogP contribution is 2.51. The standard InChI is InChI=1S/C8H14O/c1-2-8(4-3-5-8)7-6-9-7/h7H,2-6H2,1H3/t7-/m1/s1. The van der Waals surface area contributed by atoms with Crippen molar-refractivity contribution in [2.75, 3.05) is 6.61 Å². The Bertz CT molecular complexity index is 106. The Morgan fingerprint density at radius 2 is 2.22 bits per heavy atom. The van der Waals surface area contributed by atoms with Crippen LogP contribution in [-0.2, 0) is 4.74 Å². The minimum atomic E-state index is 0.653. The summed E-state index contributed by atoms with van der Waals surface area (Å²) in [6.45, 7) is 3.34. The Balaban J connectivity index is 1.99. The summed E-state index contributed by atoms with van der Waals surface area (Å²) in [5.74, 6) is 0. The van der Waals surface area contributed by atoms with Crippen LogP contribution in [0.1, 0.15) is 32.6 Å². The maximum atomic E-state index is 5.31. The van der Waals surface area contributed by atoms with E-state index in [0.29, 0.717) is 11.5 Å². The molecule has 0 aromatic heterocycles. The summed E-state index contributed by atoms with van der Waals surface area (Å²) in [6, 6.07) is 0. The maximum Gasteiger partial charge on any atom is 0.0865 e. The van der Waals surface area contributed by atoms with E-state index in [-0.39, 0.29) is 0 Å². The molecule has 1 nitrogen and oxygen atoms in total. The molecule has 0 N–H and O–H groups in total. The first kappa shape index (κ1) is 5.72. The van der Waals surface area contributed by atoms with Crippen LogP contribution in [0.4, 0.5) is 0 Å². The lowest BCUT2D eigenvalue weighted by Crippen LogP contribution is -2.34. The van der Waals surface area contributed by atoms with Gasteiger partial charge in [0.2, 0.25) is 0 Å². The molecule has 0 amide bonds. The van der Waals surface area contributed by atoms with Gasteiger partial charge in [-0.05, 0) is 24.7 Å². The molecule has 0 aromatic carbocycles. The number of hydrogen-bond acceptors (Lipinski definition) is 1. The van der Waals surface area contributed by atoms with Gasteiger partial charge in [-0.3, -0.25) is 0 Å². The molecule has 1 heterocycles. The Morgan fingerprint density at radius 3 is 2.33 bits per heavy atom. The maximum absolute atomic E-state index is 5.31. The van der Waals surface area contributed by atoms with Crippen LogP contribution in [-0.4, -0.2) is 12.7 Å². The topological polar surface area (TPSA) is 12.5 Å². The van der Waals surface area contributed by atoms with Crippen molar-refractivity contribution in [3.8, 4) is 0 Å². The van der Waals surface area contributed by atoms with Crippen LogP contribution in [0.25, 0.3) is 0 Å². The molecule has 2 fully saturated rings. The zero-order valence-electron chi connectivity index (χ0n) is 6.02. The molecule has 9 heavy (non-hydrogen) atoms. The first-order chi connectivity index (χ1) is 4.37. The minimum Gasteiger partial charge on any atom is -0.373 e. The quantitative estimate of drug-likeness (QED) is 0.515. The normalized spacial score (nSPS) is 37.7. The Morgan fingerprint density at radius 1 is 1.56 bits per heavy atom. The van der Waals surface area contributed by atoms with Crippen LogP contribution in [0, 0.1) is 5.41 Å².